The van der Waals surface area contributed by atoms with E-state index in [0.29, 0.717) is 11.6 Å². The first kappa shape index (κ1) is 14.6. The summed E-state index contributed by atoms with van der Waals surface area (Å²) in [6, 6.07) is 7.69. The highest BCUT2D eigenvalue weighted by Gasteiger charge is 2.26. The lowest BCUT2D eigenvalue weighted by atomic mass is 9.95. The second-order valence-electron chi connectivity index (χ2n) is 4.21. The lowest BCUT2D eigenvalue weighted by Gasteiger charge is -2.13. The van der Waals surface area contributed by atoms with Crippen molar-refractivity contribution in [2.45, 2.75) is 12.3 Å². The Hall–Kier alpha value is -1.82. The van der Waals surface area contributed by atoms with Gasteiger partial charge < -0.3 is 5.11 Å². The van der Waals surface area contributed by atoms with E-state index in [1.54, 1.807) is 24.3 Å². The molecule has 0 aliphatic rings. The van der Waals surface area contributed by atoms with Crippen molar-refractivity contribution in [2.75, 3.05) is 0 Å². The van der Waals surface area contributed by atoms with E-state index in [1.165, 1.54) is 0 Å². The van der Waals surface area contributed by atoms with Crippen LogP contribution in [0, 0.1) is 11.6 Å². The average molecular weight is 342 g/mol. The molecule has 6 heteroatoms. The van der Waals surface area contributed by atoms with Crippen LogP contribution in [0.2, 0.25) is 0 Å². The standard InChI is InChI=1S/C14H10BrF2NO2/c15-11-4-2-1-3-8(11)5-10(14(19)20)13-12(17)6-9(16)7-18-13/h1-4,6-7,10H,5H2,(H,19,20). The predicted octanol–water partition coefficient (Wildman–Crippen LogP) is 3.53. The van der Waals surface area contributed by atoms with E-state index in [1.807, 2.05) is 0 Å². The lowest BCUT2D eigenvalue weighted by Crippen LogP contribution is -2.18. The first-order chi connectivity index (χ1) is 9.49. The fourth-order valence-electron chi connectivity index (χ4n) is 1.87. The third kappa shape index (κ3) is 3.19. The van der Waals surface area contributed by atoms with Crippen LogP contribution in [-0.4, -0.2) is 16.1 Å². The summed E-state index contributed by atoms with van der Waals surface area (Å²) in [4.78, 5) is 14.9. The SMILES string of the molecule is O=C(O)C(Cc1ccccc1Br)c1ncc(F)cc1F. The van der Waals surface area contributed by atoms with Gasteiger partial charge in [-0.15, -0.1) is 0 Å². The Morgan fingerprint density at radius 2 is 2.05 bits per heavy atom. The Balaban J connectivity index is 2.37. The summed E-state index contributed by atoms with van der Waals surface area (Å²) in [6.45, 7) is 0. The van der Waals surface area contributed by atoms with Crippen molar-refractivity contribution < 1.29 is 18.7 Å². The number of carbonyl (C=O) groups is 1. The quantitative estimate of drug-likeness (QED) is 0.925. The monoisotopic (exact) mass is 341 g/mol. The molecule has 1 N–H and O–H groups in total. The van der Waals surface area contributed by atoms with E-state index < -0.39 is 23.5 Å². The summed E-state index contributed by atoms with van der Waals surface area (Å²) >= 11 is 3.31. The summed E-state index contributed by atoms with van der Waals surface area (Å²) in [5.41, 5.74) is 0.445. The van der Waals surface area contributed by atoms with Gasteiger partial charge in [0.25, 0.3) is 0 Å². The van der Waals surface area contributed by atoms with Crippen molar-refractivity contribution in [3.05, 3.63) is 63.9 Å². The zero-order valence-electron chi connectivity index (χ0n) is 10.2. The Morgan fingerprint density at radius 3 is 2.65 bits per heavy atom. The van der Waals surface area contributed by atoms with Crippen LogP contribution >= 0.6 is 15.9 Å². The third-order valence-electron chi connectivity index (χ3n) is 2.85. The number of aliphatic carboxylic acids is 1. The van der Waals surface area contributed by atoms with Crippen LogP contribution in [-0.2, 0) is 11.2 Å². The minimum Gasteiger partial charge on any atom is -0.481 e. The second-order valence-corrected chi connectivity index (χ2v) is 5.06. The van der Waals surface area contributed by atoms with Crippen molar-refractivity contribution in [1.29, 1.82) is 0 Å². The Labute approximate surface area is 122 Å². The largest absolute Gasteiger partial charge is 0.481 e. The number of hydrogen-bond donors (Lipinski definition) is 1. The molecule has 0 bridgehead atoms. The smallest absolute Gasteiger partial charge is 0.313 e. The summed E-state index contributed by atoms with van der Waals surface area (Å²) in [7, 11) is 0. The number of rotatable bonds is 4. The van der Waals surface area contributed by atoms with Gasteiger partial charge in [-0.2, -0.15) is 0 Å². The van der Waals surface area contributed by atoms with Crippen LogP contribution < -0.4 is 0 Å². The molecule has 0 saturated carbocycles. The summed E-state index contributed by atoms with van der Waals surface area (Å²) in [6.07, 6.45) is 0.876. The van der Waals surface area contributed by atoms with Gasteiger partial charge in [0.05, 0.1) is 11.9 Å². The molecule has 0 aliphatic carbocycles. The molecule has 0 aliphatic heterocycles. The van der Waals surface area contributed by atoms with Crippen molar-refractivity contribution in [1.82, 2.24) is 4.98 Å². The molecule has 0 saturated heterocycles. The number of pyridine rings is 1. The molecule has 1 unspecified atom stereocenters. The van der Waals surface area contributed by atoms with E-state index in [2.05, 4.69) is 20.9 Å². The van der Waals surface area contributed by atoms with E-state index in [0.717, 1.165) is 10.7 Å². The van der Waals surface area contributed by atoms with Crippen molar-refractivity contribution in [3.63, 3.8) is 0 Å². The molecular weight excluding hydrogens is 332 g/mol. The number of halogens is 3. The number of hydrogen-bond acceptors (Lipinski definition) is 2. The fourth-order valence-corrected chi connectivity index (χ4v) is 2.31. The van der Waals surface area contributed by atoms with E-state index >= 15 is 0 Å². The highest BCUT2D eigenvalue weighted by molar-refractivity contribution is 9.10. The molecule has 20 heavy (non-hydrogen) atoms. The zero-order chi connectivity index (χ0) is 14.7. The molecule has 3 nitrogen and oxygen atoms in total. The summed E-state index contributed by atoms with van der Waals surface area (Å²) in [5, 5.41) is 9.26. The van der Waals surface area contributed by atoms with Crippen molar-refractivity contribution in [3.8, 4) is 0 Å². The van der Waals surface area contributed by atoms with Gasteiger partial charge in [0.1, 0.15) is 17.6 Å². The fraction of sp³-hybridized carbons (Fsp3) is 0.143. The first-order valence-electron chi connectivity index (χ1n) is 5.76. The third-order valence-corrected chi connectivity index (χ3v) is 3.62. The zero-order valence-corrected chi connectivity index (χ0v) is 11.8. The molecule has 0 radical (unpaired) electrons. The van der Waals surface area contributed by atoms with Gasteiger partial charge in [-0.25, -0.2) is 8.78 Å². The maximum atomic E-state index is 13.7. The van der Waals surface area contributed by atoms with Gasteiger partial charge >= 0.3 is 5.97 Å². The first-order valence-corrected chi connectivity index (χ1v) is 6.55. The van der Waals surface area contributed by atoms with Gasteiger partial charge in [-0.1, -0.05) is 34.1 Å². The summed E-state index contributed by atoms with van der Waals surface area (Å²) < 4.78 is 27.3. The Bertz CT molecular complexity index is 649. The van der Waals surface area contributed by atoms with Crippen LogP contribution in [0.5, 0.6) is 0 Å². The number of carboxylic acids is 1. The van der Waals surface area contributed by atoms with Crippen LogP contribution in [0.15, 0.2) is 41.0 Å². The number of aromatic nitrogens is 1. The topological polar surface area (TPSA) is 50.2 Å². The normalized spacial score (nSPS) is 12.2. The predicted molar refractivity (Wildman–Crippen MR) is 72.4 cm³/mol. The average Bonchev–Trinajstić information content (AvgIpc) is 2.38. The van der Waals surface area contributed by atoms with Crippen molar-refractivity contribution in [2.24, 2.45) is 0 Å². The van der Waals surface area contributed by atoms with Gasteiger partial charge in [-0.3, -0.25) is 9.78 Å². The van der Waals surface area contributed by atoms with Crippen LogP contribution in [0.1, 0.15) is 17.2 Å². The molecule has 2 rings (SSSR count). The van der Waals surface area contributed by atoms with Gasteiger partial charge in [0.15, 0.2) is 0 Å². The Kier molecular flexibility index (Phi) is 4.44. The lowest BCUT2D eigenvalue weighted by molar-refractivity contribution is -0.138. The van der Waals surface area contributed by atoms with Gasteiger partial charge in [-0.05, 0) is 18.1 Å². The molecule has 1 aromatic carbocycles. The Morgan fingerprint density at radius 1 is 1.35 bits per heavy atom. The highest BCUT2D eigenvalue weighted by Crippen LogP contribution is 2.26. The van der Waals surface area contributed by atoms with E-state index in [9.17, 15) is 18.7 Å². The number of benzene rings is 1. The number of nitrogens with zero attached hydrogens (tertiary/aromatic N) is 1. The van der Waals surface area contributed by atoms with Crippen LogP contribution in [0.3, 0.4) is 0 Å². The number of carboxylic acid groups (broad SMARTS) is 1. The van der Waals surface area contributed by atoms with Gasteiger partial charge in [0, 0.05) is 10.5 Å². The molecule has 0 fully saturated rings. The molecule has 1 heterocycles. The maximum Gasteiger partial charge on any atom is 0.313 e. The minimum atomic E-state index is -1.21. The molecular formula is C14H10BrF2NO2. The highest BCUT2D eigenvalue weighted by atomic mass is 79.9. The molecule has 0 spiro atoms. The van der Waals surface area contributed by atoms with Crippen LogP contribution in [0.25, 0.3) is 0 Å². The summed E-state index contributed by atoms with van der Waals surface area (Å²) in [5.74, 6) is -4.17. The minimum absolute atomic E-state index is 0.0618. The molecule has 0 amide bonds. The van der Waals surface area contributed by atoms with Crippen LogP contribution in [0.4, 0.5) is 8.78 Å². The van der Waals surface area contributed by atoms with Crippen molar-refractivity contribution >= 4 is 21.9 Å². The second kappa shape index (κ2) is 6.09. The molecule has 104 valence electrons. The van der Waals surface area contributed by atoms with E-state index in [4.69, 9.17) is 0 Å². The van der Waals surface area contributed by atoms with E-state index in [-0.39, 0.29) is 12.1 Å². The molecule has 1 atom stereocenters. The van der Waals surface area contributed by atoms with Gasteiger partial charge in [0.2, 0.25) is 0 Å². The molecule has 2 aromatic rings. The molecule has 1 aromatic heterocycles. The maximum absolute atomic E-state index is 13.7.